The van der Waals surface area contributed by atoms with Gasteiger partial charge in [-0.05, 0) is 6.92 Å². The third-order valence-corrected chi connectivity index (χ3v) is 0.826. The van der Waals surface area contributed by atoms with E-state index < -0.39 is 5.60 Å². The maximum atomic E-state index is 8.79. The van der Waals surface area contributed by atoms with E-state index in [2.05, 4.69) is 4.74 Å². The van der Waals surface area contributed by atoms with E-state index in [1.807, 2.05) is 13.8 Å². The van der Waals surface area contributed by atoms with E-state index in [4.69, 9.17) is 5.11 Å². The summed E-state index contributed by atoms with van der Waals surface area (Å²) in [5, 5.41) is 8.79. The highest BCUT2D eigenvalue weighted by atomic mass is 16.5. The fourth-order valence-corrected chi connectivity index (χ4v) is 0.397. The van der Waals surface area contributed by atoms with Crippen LogP contribution in [0.5, 0.6) is 0 Å². The second-order valence-corrected chi connectivity index (χ2v) is 1.99. The molecule has 0 saturated carbocycles. The van der Waals surface area contributed by atoms with Gasteiger partial charge in [0, 0.05) is 0 Å². The van der Waals surface area contributed by atoms with Crippen molar-refractivity contribution in [3.05, 3.63) is 0 Å². The molecule has 1 aliphatic heterocycles. The molecule has 1 fully saturated rings. The monoisotopic (exact) mass is 118 g/mol. The average molecular weight is 118 g/mol. The first-order valence-electron chi connectivity index (χ1n) is 3.01. The van der Waals surface area contributed by atoms with Crippen molar-refractivity contribution in [2.75, 3.05) is 13.2 Å². The normalized spacial score (nSPS) is 22.5. The first-order chi connectivity index (χ1) is 3.71. The predicted octanol–water partition coefficient (Wildman–Crippen LogP) is 0.794. The van der Waals surface area contributed by atoms with E-state index in [1.54, 1.807) is 6.92 Å². The fourth-order valence-electron chi connectivity index (χ4n) is 0.397. The minimum absolute atomic E-state index is 0.500. The summed E-state index contributed by atoms with van der Waals surface area (Å²) in [6.45, 7) is 6.77. The van der Waals surface area contributed by atoms with Crippen LogP contribution in [-0.4, -0.2) is 23.9 Å². The Morgan fingerprint density at radius 1 is 1.38 bits per heavy atom. The third-order valence-electron chi connectivity index (χ3n) is 0.826. The van der Waals surface area contributed by atoms with Crippen LogP contribution in [0.2, 0.25) is 0 Å². The highest BCUT2D eigenvalue weighted by Gasteiger charge is 2.29. The molecule has 1 aliphatic rings. The van der Waals surface area contributed by atoms with Crippen molar-refractivity contribution in [1.29, 1.82) is 0 Å². The maximum absolute atomic E-state index is 8.79. The van der Waals surface area contributed by atoms with Crippen molar-refractivity contribution >= 4 is 0 Å². The summed E-state index contributed by atoms with van der Waals surface area (Å²) < 4.78 is 4.69. The van der Waals surface area contributed by atoms with Gasteiger partial charge in [0.05, 0.1) is 13.2 Å². The van der Waals surface area contributed by atoms with Gasteiger partial charge in [0.25, 0.3) is 0 Å². The van der Waals surface area contributed by atoms with Crippen LogP contribution in [0.15, 0.2) is 0 Å². The highest BCUT2D eigenvalue weighted by Crippen LogP contribution is 2.13. The minimum atomic E-state index is -0.500. The molecule has 2 nitrogen and oxygen atoms in total. The maximum Gasteiger partial charge on any atom is 0.108 e. The number of hydrogen-bond donors (Lipinski definition) is 1. The van der Waals surface area contributed by atoms with Gasteiger partial charge in [0.2, 0.25) is 0 Å². The molecular formula is C6H14O2. The van der Waals surface area contributed by atoms with Crippen LogP contribution in [0.4, 0.5) is 0 Å². The number of aliphatic hydroxyl groups is 1. The van der Waals surface area contributed by atoms with E-state index >= 15 is 0 Å². The lowest BCUT2D eigenvalue weighted by atomic mass is 10.1. The first kappa shape index (κ1) is 7.92. The van der Waals surface area contributed by atoms with Crippen LogP contribution in [0.1, 0.15) is 20.8 Å². The molecule has 50 valence electrons. The Kier molecular flexibility index (Phi) is 3.02. The second-order valence-electron chi connectivity index (χ2n) is 1.99. The van der Waals surface area contributed by atoms with Gasteiger partial charge in [-0.2, -0.15) is 0 Å². The summed E-state index contributed by atoms with van der Waals surface area (Å²) in [5.41, 5.74) is -0.500. The van der Waals surface area contributed by atoms with Crippen molar-refractivity contribution in [3.63, 3.8) is 0 Å². The molecule has 0 aromatic heterocycles. The topological polar surface area (TPSA) is 29.5 Å². The smallest absolute Gasteiger partial charge is 0.108 e. The lowest BCUT2D eigenvalue weighted by Crippen LogP contribution is -2.46. The summed E-state index contributed by atoms with van der Waals surface area (Å²) in [7, 11) is 0. The first-order valence-corrected chi connectivity index (χ1v) is 3.01. The summed E-state index contributed by atoms with van der Waals surface area (Å²) in [5.74, 6) is 0. The van der Waals surface area contributed by atoms with Crippen molar-refractivity contribution in [2.24, 2.45) is 0 Å². The molecule has 1 heterocycles. The van der Waals surface area contributed by atoms with Crippen LogP contribution >= 0.6 is 0 Å². The van der Waals surface area contributed by atoms with Gasteiger partial charge in [-0.3, -0.25) is 0 Å². The van der Waals surface area contributed by atoms with Gasteiger partial charge in [0.1, 0.15) is 5.60 Å². The Balaban J connectivity index is 0.000000222. The summed E-state index contributed by atoms with van der Waals surface area (Å²) in [4.78, 5) is 0. The molecule has 0 amide bonds. The third kappa shape index (κ3) is 2.28. The Hall–Kier alpha value is -0.0800. The fraction of sp³-hybridized carbons (Fsp3) is 1.00. The average Bonchev–Trinajstić information content (AvgIpc) is 1.69. The molecule has 8 heavy (non-hydrogen) atoms. The molecule has 0 unspecified atom stereocenters. The molecular weight excluding hydrogens is 104 g/mol. The molecule has 0 aromatic rings. The predicted molar refractivity (Wildman–Crippen MR) is 32.8 cm³/mol. The van der Waals surface area contributed by atoms with Gasteiger partial charge in [-0.25, -0.2) is 0 Å². The summed E-state index contributed by atoms with van der Waals surface area (Å²) in [6, 6.07) is 0. The highest BCUT2D eigenvalue weighted by molar-refractivity contribution is 4.78. The molecule has 1 N–H and O–H groups in total. The van der Waals surface area contributed by atoms with E-state index in [0.29, 0.717) is 13.2 Å². The lowest BCUT2D eigenvalue weighted by Gasteiger charge is -2.31. The van der Waals surface area contributed by atoms with E-state index in [0.717, 1.165) is 0 Å². The Bertz CT molecular complexity index is 53.5. The number of hydrogen-bond acceptors (Lipinski definition) is 2. The second kappa shape index (κ2) is 3.05. The van der Waals surface area contributed by atoms with E-state index in [9.17, 15) is 0 Å². The zero-order valence-corrected chi connectivity index (χ0v) is 5.77. The minimum Gasteiger partial charge on any atom is -0.385 e. The van der Waals surface area contributed by atoms with Crippen molar-refractivity contribution in [1.82, 2.24) is 0 Å². The molecule has 0 bridgehead atoms. The Morgan fingerprint density at radius 2 is 1.62 bits per heavy atom. The standard InChI is InChI=1S/C4H8O2.C2H6/c1-4(5)2-6-3-4;1-2/h5H,2-3H2,1H3;1-2H3. The Morgan fingerprint density at radius 3 is 1.62 bits per heavy atom. The van der Waals surface area contributed by atoms with Gasteiger partial charge in [-0.1, -0.05) is 13.8 Å². The molecule has 1 rings (SSSR count). The molecule has 0 aliphatic carbocycles. The van der Waals surface area contributed by atoms with Gasteiger partial charge < -0.3 is 9.84 Å². The van der Waals surface area contributed by atoms with Crippen molar-refractivity contribution < 1.29 is 9.84 Å². The van der Waals surface area contributed by atoms with Crippen molar-refractivity contribution in [3.8, 4) is 0 Å². The zero-order valence-electron chi connectivity index (χ0n) is 5.77. The summed E-state index contributed by atoms with van der Waals surface area (Å²) in [6.07, 6.45) is 0. The number of rotatable bonds is 0. The van der Waals surface area contributed by atoms with Crippen LogP contribution < -0.4 is 0 Å². The molecule has 0 spiro atoms. The zero-order chi connectivity index (χ0) is 6.62. The molecule has 0 atom stereocenters. The van der Waals surface area contributed by atoms with Crippen molar-refractivity contribution in [2.45, 2.75) is 26.4 Å². The van der Waals surface area contributed by atoms with Crippen LogP contribution in [-0.2, 0) is 4.74 Å². The quantitative estimate of drug-likeness (QED) is 0.509. The van der Waals surface area contributed by atoms with Crippen LogP contribution in [0.3, 0.4) is 0 Å². The molecule has 1 saturated heterocycles. The molecule has 0 radical (unpaired) electrons. The number of ether oxygens (including phenoxy) is 1. The molecule has 2 heteroatoms. The molecule has 0 aromatic carbocycles. The van der Waals surface area contributed by atoms with E-state index in [-0.39, 0.29) is 0 Å². The van der Waals surface area contributed by atoms with Crippen LogP contribution in [0.25, 0.3) is 0 Å². The lowest BCUT2D eigenvalue weighted by molar-refractivity contribution is -0.166. The SMILES string of the molecule is CC.CC1(O)COC1. The van der Waals surface area contributed by atoms with Gasteiger partial charge >= 0.3 is 0 Å². The largest absolute Gasteiger partial charge is 0.385 e. The summed E-state index contributed by atoms with van der Waals surface area (Å²) >= 11 is 0. The van der Waals surface area contributed by atoms with Crippen LogP contribution in [0, 0.1) is 0 Å². The van der Waals surface area contributed by atoms with E-state index in [1.165, 1.54) is 0 Å². The van der Waals surface area contributed by atoms with Gasteiger partial charge in [0.15, 0.2) is 0 Å². The Labute approximate surface area is 50.5 Å². The van der Waals surface area contributed by atoms with Gasteiger partial charge in [-0.15, -0.1) is 0 Å².